The molecule has 0 spiro atoms. The molecule has 3 aromatic rings. The number of benzene rings is 1. The van der Waals surface area contributed by atoms with Crippen LogP contribution in [0.25, 0.3) is 11.0 Å². The molecule has 2 aromatic heterocycles. The molecule has 6 heteroatoms. The summed E-state index contributed by atoms with van der Waals surface area (Å²) in [5, 5.41) is 3.86. The van der Waals surface area contributed by atoms with E-state index in [4.69, 9.17) is 0 Å². The molecule has 2 heterocycles. The number of carbonyl (C=O) groups excluding carboxylic acids is 1. The number of aromatic amines is 1. The third-order valence-electron chi connectivity index (χ3n) is 3.96. The second kappa shape index (κ2) is 7.70. The zero-order chi connectivity index (χ0) is 17.8. The summed E-state index contributed by atoms with van der Waals surface area (Å²) in [6.07, 6.45) is 4.43. The lowest BCUT2D eigenvalue weighted by atomic mass is 10.0. The van der Waals surface area contributed by atoms with Crippen molar-refractivity contribution in [2.75, 3.05) is 6.26 Å². The average Bonchev–Trinajstić information content (AvgIpc) is 3.04. The Morgan fingerprint density at radius 2 is 2.04 bits per heavy atom. The number of imidazole rings is 1. The molecule has 0 saturated heterocycles. The smallest absolute Gasteiger partial charge is 0.254 e. The number of pyridine rings is 1. The minimum absolute atomic E-state index is 0.122. The zero-order valence-electron chi connectivity index (χ0n) is 14.6. The molecule has 0 aliphatic rings. The van der Waals surface area contributed by atoms with Gasteiger partial charge in [-0.05, 0) is 42.9 Å². The van der Waals surface area contributed by atoms with Crippen LogP contribution in [0.1, 0.15) is 42.5 Å². The first kappa shape index (κ1) is 17.5. The Bertz CT molecular complexity index is 841. The average molecular weight is 354 g/mol. The SMILES string of the molecule is CSc1ncccc1C(=O)N[C@@H](CC(C)C)c1nc2ccccc2[nH]1. The number of para-hydroxylation sites is 2. The van der Waals surface area contributed by atoms with Gasteiger partial charge in [-0.25, -0.2) is 9.97 Å². The van der Waals surface area contributed by atoms with Gasteiger partial charge in [0.2, 0.25) is 0 Å². The van der Waals surface area contributed by atoms with Crippen LogP contribution in [0.5, 0.6) is 0 Å². The summed E-state index contributed by atoms with van der Waals surface area (Å²) in [5.41, 5.74) is 2.48. The monoisotopic (exact) mass is 354 g/mol. The van der Waals surface area contributed by atoms with Gasteiger partial charge in [0.25, 0.3) is 5.91 Å². The first-order valence-corrected chi connectivity index (χ1v) is 9.55. The summed E-state index contributed by atoms with van der Waals surface area (Å²) >= 11 is 1.47. The number of amides is 1. The van der Waals surface area contributed by atoms with E-state index < -0.39 is 0 Å². The second-order valence-corrected chi connectivity index (χ2v) is 7.15. The lowest BCUT2D eigenvalue weighted by Crippen LogP contribution is -2.30. The van der Waals surface area contributed by atoms with Crippen molar-refractivity contribution in [3.63, 3.8) is 0 Å². The van der Waals surface area contributed by atoms with Crippen molar-refractivity contribution >= 4 is 28.7 Å². The molecule has 130 valence electrons. The van der Waals surface area contributed by atoms with Gasteiger partial charge in [0.1, 0.15) is 10.9 Å². The molecule has 0 aliphatic heterocycles. The number of carbonyl (C=O) groups is 1. The summed E-state index contributed by atoms with van der Waals surface area (Å²) in [6, 6.07) is 11.3. The molecular formula is C19H22N4OS. The second-order valence-electron chi connectivity index (χ2n) is 6.36. The molecule has 1 atom stereocenters. The molecule has 0 aliphatic carbocycles. The van der Waals surface area contributed by atoms with Crippen LogP contribution in [-0.4, -0.2) is 27.1 Å². The number of nitrogens with one attached hydrogen (secondary N) is 2. The quantitative estimate of drug-likeness (QED) is 0.651. The van der Waals surface area contributed by atoms with Crippen LogP contribution in [0, 0.1) is 5.92 Å². The standard InChI is InChI=1S/C19H22N4OS/c1-12(2)11-16(17-21-14-8-4-5-9-15(14)22-17)23-18(24)13-7-6-10-20-19(13)25-3/h4-10,12,16H,11H2,1-3H3,(H,21,22)(H,23,24)/t16-/m0/s1. The van der Waals surface area contributed by atoms with Gasteiger partial charge in [0, 0.05) is 6.20 Å². The fourth-order valence-electron chi connectivity index (χ4n) is 2.81. The van der Waals surface area contributed by atoms with Crippen LogP contribution >= 0.6 is 11.8 Å². The molecule has 2 N–H and O–H groups in total. The van der Waals surface area contributed by atoms with Crippen LogP contribution in [0.15, 0.2) is 47.6 Å². The van der Waals surface area contributed by atoms with Gasteiger partial charge in [0.15, 0.2) is 0 Å². The fraction of sp³-hybridized carbons (Fsp3) is 0.316. The first-order valence-electron chi connectivity index (χ1n) is 8.33. The molecule has 0 fully saturated rings. The Labute approximate surface area is 151 Å². The molecular weight excluding hydrogens is 332 g/mol. The number of rotatable bonds is 6. The molecule has 0 saturated carbocycles. The number of nitrogens with zero attached hydrogens (tertiary/aromatic N) is 2. The van der Waals surface area contributed by atoms with Crippen LogP contribution in [-0.2, 0) is 0 Å². The maximum atomic E-state index is 12.8. The molecule has 0 radical (unpaired) electrons. The summed E-state index contributed by atoms with van der Waals surface area (Å²) in [5.74, 6) is 1.09. The highest BCUT2D eigenvalue weighted by atomic mass is 32.2. The zero-order valence-corrected chi connectivity index (χ0v) is 15.4. The summed E-state index contributed by atoms with van der Waals surface area (Å²) in [6.45, 7) is 4.28. The van der Waals surface area contributed by atoms with Gasteiger partial charge < -0.3 is 10.3 Å². The Morgan fingerprint density at radius 3 is 2.76 bits per heavy atom. The molecule has 0 bridgehead atoms. The van der Waals surface area contributed by atoms with Crippen LogP contribution in [0.3, 0.4) is 0 Å². The van der Waals surface area contributed by atoms with E-state index in [-0.39, 0.29) is 11.9 Å². The van der Waals surface area contributed by atoms with Crippen molar-refractivity contribution in [2.45, 2.75) is 31.3 Å². The van der Waals surface area contributed by atoms with E-state index in [2.05, 4.69) is 34.1 Å². The minimum atomic E-state index is -0.171. The molecule has 1 aromatic carbocycles. The van der Waals surface area contributed by atoms with Gasteiger partial charge in [-0.1, -0.05) is 26.0 Å². The highest BCUT2D eigenvalue weighted by Crippen LogP contribution is 2.24. The van der Waals surface area contributed by atoms with E-state index in [1.165, 1.54) is 11.8 Å². The highest BCUT2D eigenvalue weighted by Gasteiger charge is 2.22. The van der Waals surface area contributed by atoms with Gasteiger partial charge in [-0.2, -0.15) is 0 Å². The minimum Gasteiger partial charge on any atom is -0.342 e. The fourth-order valence-corrected chi connectivity index (χ4v) is 3.36. The number of thioether (sulfide) groups is 1. The van der Waals surface area contributed by atoms with Crippen molar-refractivity contribution < 1.29 is 4.79 Å². The number of aromatic nitrogens is 3. The van der Waals surface area contributed by atoms with Gasteiger partial charge in [0.05, 0.1) is 22.6 Å². The number of H-pyrrole nitrogens is 1. The molecule has 5 nitrogen and oxygen atoms in total. The maximum absolute atomic E-state index is 12.8. The lowest BCUT2D eigenvalue weighted by molar-refractivity contribution is 0.0926. The van der Waals surface area contributed by atoms with Crippen molar-refractivity contribution in [1.82, 2.24) is 20.3 Å². The Balaban J connectivity index is 1.89. The van der Waals surface area contributed by atoms with E-state index in [0.29, 0.717) is 11.5 Å². The summed E-state index contributed by atoms with van der Waals surface area (Å²) < 4.78 is 0. The van der Waals surface area contributed by atoms with Crippen LogP contribution < -0.4 is 5.32 Å². The summed E-state index contributed by atoms with van der Waals surface area (Å²) in [7, 11) is 0. The lowest BCUT2D eigenvalue weighted by Gasteiger charge is -2.19. The van der Waals surface area contributed by atoms with E-state index >= 15 is 0 Å². The third kappa shape index (κ3) is 4.02. The van der Waals surface area contributed by atoms with E-state index in [0.717, 1.165) is 28.3 Å². The number of hydrogen-bond donors (Lipinski definition) is 2. The van der Waals surface area contributed by atoms with Crippen molar-refractivity contribution in [3.8, 4) is 0 Å². The van der Waals surface area contributed by atoms with Crippen LogP contribution in [0.2, 0.25) is 0 Å². The normalized spacial score (nSPS) is 12.5. The predicted molar refractivity (Wildman–Crippen MR) is 102 cm³/mol. The molecule has 3 rings (SSSR count). The Morgan fingerprint density at radius 1 is 1.24 bits per heavy atom. The Kier molecular flexibility index (Phi) is 5.38. The highest BCUT2D eigenvalue weighted by molar-refractivity contribution is 7.98. The maximum Gasteiger partial charge on any atom is 0.254 e. The number of hydrogen-bond acceptors (Lipinski definition) is 4. The first-order chi connectivity index (χ1) is 12.1. The topological polar surface area (TPSA) is 70.7 Å². The molecule has 1 amide bonds. The van der Waals surface area contributed by atoms with E-state index in [1.807, 2.05) is 30.5 Å². The molecule has 25 heavy (non-hydrogen) atoms. The predicted octanol–water partition coefficient (Wildman–Crippen LogP) is 4.20. The van der Waals surface area contributed by atoms with Crippen molar-refractivity contribution in [3.05, 3.63) is 54.0 Å². The Hall–Kier alpha value is -2.34. The van der Waals surface area contributed by atoms with Gasteiger partial charge in [-0.3, -0.25) is 4.79 Å². The van der Waals surface area contributed by atoms with Crippen molar-refractivity contribution in [1.29, 1.82) is 0 Å². The largest absolute Gasteiger partial charge is 0.342 e. The number of fused-ring (bicyclic) bond motifs is 1. The van der Waals surface area contributed by atoms with Crippen molar-refractivity contribution in [2.24, 2.45) is 5.92 Å². The van der Waals surface area contributed by atoms with Gasteiger partial charge >= 0.3 is 0 Å². The van der Waals surface area contributed by atoms with E-state index in [1.54, 1.807) is 18.3 Å². The third-order valence-corrected chi connectivity index (χ3v) is 4.67. The molecule has 0 unspecified atom stereocenters. The van der Waals surface area contributed by atoms with Crippen LogP contribution in [0.4, 0.5) is 0 Å². The van der Waals surface area contributed by atoms with Gasteiger partial charge in [-0.15, -0.1) is 11.8 Å². The van der Waals surface area contributed by atoms with E-state index in [9.17, 15) is 4.79 Å². The summed E-state index contributed by atoms with van der Waals surface area (Å²) in [4.78, 5) is 25.1.